The number of rotatable bonds is 3. The number of hydrogen-bond donors (Lipinski definition) is 2. The Morgan fingerprint density at radius 2 is 2.38 bits per heavy atom. The van der Waals surface area contributed by atoms with E-state index in [0.29, 0.717) is 23.7 Å². The Morgan fingerprint density at radius 3 is 3.14 bits per heavy atom. The van der Waals surface area contributed by atoms with E-state index in [1.54, 1.807) is 19.4 Å². The van der Waals surface area contributed by atoms with Crippen molar-refractivity contribution in [2.45, 2.75) is 18.6 Å². The number of aromatic nitrogens is 1. The van der Waals surface area contributed by atoms with Gasteiger partial charge in [0.05, 0.1) is 23.3 Å². The number of amides is 1. The molecule has 21 heavy (non-hydrogen) atoms. The molecule has 5 nitrogen and oxygen atoms in total. The molecule has 1 saturated heterocycles. The maximum absolute atomic E-state index is 12.3. The Balaban J connectivity index is 1.83. The lowest BCUT2D eigenvalue weighted by Crippen LogP contribution is -2.35. The first-order chi connectivity index (χ1) is 10.2. The predicted octanol–water partition coefficient (Wildman–Crippen LogP) is 2.20. The van der Waals surface area contributed by atoms with Gasteiger partial charge in [0.2, 0.25) is 5.91 Å². The van der Waals surface area contributed by atoms with Crippen LogP contribution in [-0.4, -0.2) is 36.7 Å². The number of ether oxygens (including phenoxy) is 1. The summed E-state index contributed by atoms with van der Waals surface area (Å²) in [6.07, 6.45) is 2.43. The molecule has 2 N–H and O–H groups in total. The van der Waals surface area contributed by atoms with E-state index < -0.39 is 0 Å². The van der Waals surface area contributed by atoms with Gasteiger partial charge in [-0.3, -0.25) is 9.78 Å². The highest BCUT2D eigenvalue weighted by Gasteiger charge is 2.29. The van der Waals surface area contributed by atoms with Gasteiger partial charge in [0, 0.05) is 30.3 Å². The highest BCUT2D eigenvalue weighted by molar-refractivity contribution is 6.32. The second kappa shape index (κ2) is 5.97. The molecule has 0 bridgehead atoms. The van der Waals surface area contributed by atoms with Crippen LogP contribution in [0.4, 0.5) is 5.69 Å². The Labute approximate surface area is 127 Å². The molecule has 1 amide bonds. The van der Waals surface area contributed by atoms with Crippen molar-refractivity contribution in [1.29, 1.82) is 0 Å². The molecule has 0 spiro atoms. The van der Waals surface area contributed by atoms with Crippen molar-refractivity contribution >= 4 is 34.1 Å². The third-order valence-electron chi connectivity index (χ3n) is 3.67. The van der Waals surface area contributed by atoms with Crippen LogP contribution >= 0.6 is 11.6 Å². The average molecular weight is 306 g/mol. The fourth-order valence-electron chi connectivity index (χ4n) is 2.55. The van der Waals surface area contributed by atoms with Crippen LogP contribution < -0.4 is 10.6 Å². The fourth-order valence-corrected chi connectivity index (χ4v) is 2.78. The quantitative estimate of drug-likeness (QED) is 0.912. The average Bonchev–Trinajstić information content (AvgIpc) is 2.96. The lowest BCUT2D eigenvalue weighted by atomic mass is 10.1. The lowest BCUT2D eigenvalue weighted by molar-refractivity contribution is -0.117. The molecule has 1 aliphatic rings. The largest absolute Gasteiger partial charge is 0.380 e. The molecule has 2 atom stereocenters. The minimum absolute atomic E-state index is 0.0787. The van der Waals surface area contributed by atoms with Crippen LogP contribution in [0, 0.1) is 0 Å². The minimum Gasteiger partial charge on any atom is -0.380 e. The van der Waals surface area contributed by atoms with Crippen LogP contribution in [0.3, 0.4) is 0 Å². The molecule has 2 heterocycles. The number of anilines is 1. The van der Waals surface area contributed by atoms with Crippen LogP contribution in [-0.2, 0) is 9.53 Å². The first-order valence-electron chi connectivity index (χ1n) is 6.78. The van der Waals surface area contributed by atoms with Gasteiger partial charge in [-0.1, -0.05) is 17.7 Å². The SMILES string of the molecule is COC1CNC(C(=O)Nc2cc(Cl)cc3cccnc23)C1. The van der Waals surface area contributed by atoms with Crippen molar-refractivity contribution in [3.8, 4) is 0 Å². The lowest BCUT2D eigenvalue weighted by Gasteiger charge is -2.13. The summed E-state index contributed by atoms with van der Waals surface area (Å²) in [5.41, 5.74) is 1.36. The first kappa shape index (κ1) is 14.3. The number of fused-ring (bicyclic) bond motifs is 1. The Morgan fingerprint density at radius 1 is 1.52 bits per heavy atom. The molecule has 6 heteroatoms. The van der Waals surface area contributed by atoms with Crippen LogP contribution in [0.2, 0.25) is 5.02 Å². The summed E-state index contributed by atoms with van der Waals surface area (Å²) in [6.45, 7) is 0.684. The van der Waals surface area contributed by atoms with E-state index in [0.717, 1.165) is 10.9 Å². The molecule has 1 fully saturated rings. The molecule has 0 saturated carbocycles. The van der Waals surface area contributed by atoms with Gasteiger partial charge in [0.15, 0.2) is 0 Å². The molecule has 0 radical (unpaired) electrons. The van der Waals surface area contributed by atoms with Crippen molar-refractivity contribution in [2.24, 2.45) is 0 Å². The molecule has 0 aliphatic carbocycles. The van der Waals surface area contributed by atoms with Gasteiger partial charge in [-0.05, 0) is 24.6 Å². The Kier molecular flexibility index (Phi) is 4.05. The molecule has 2 aromatic rings. The van der Waals surface area contributed by atoms with Crippen molar-refractivity contribution in [3.63, 3.8) is 0 Å². The topological polar surface area (TPSA) is 63.2 Å². The van der Waals surface area contributed by atoms with Crippen LogP contribution in [0.1, 0.15) is 6.42 Å². The summed E-state index contributed by atoms with van der Waals surface area (Å²) in [4.78, 5) is 16.6. The van der Waals surface area contributed by atoms with E-state index >= 15 is 0 Å². The second-order valence-corrected chi connectivity index (χ2v) is 5.51. The highest BCUT2D eigenvalue weighted by Crippen LogP contribution is 2.26. The van der Waals surface area contributed by atoms with Gasteiger partial charge in [0.1, 0.15) is 0 Å². The zero-order chi connectivity index (χ0) is 14.8. The molecule has 2 unspecified atom stereocenters. The third kappa shape index (κ3) is 3.00. The van der Waals surface area contributed by atoms with E-state index in [1.165, 1.54) is 0 Å². The van der Waals surface area contributed by atoms with Gasteiger partial charge >= 0.3 is 0 Å². The van der Waals surface area contributed by atoms with E-state index in [-0.39, 0.29) is 18.1 Å². The summed E-state index contributed by atoms with van der Waals surface area (Å²) < 4.78 is 5.26. The maximum Gasteiger partial charge on any atom is 0.241 e. The summed E-state index contributed by atoms with van der Waals surface area (Å²) in [7, 11) is 1.65. The zero-order valence-corrected chi connectivity index (χ0v) is 12.4. The monoisotopic (exact) mass is 305 g/mol. The fraction of sp³-hybridized carbons (Fsp3) is 0.333. The van der Waals surface area contributed by atoms with E-state index in [4.69, 9.17) is 16.3 Å². The first-order valence-corrected chi connectivity index (χ1v) is 7.16. The smallest absolute Gasteiger partial charge is 0.241 e. The Bertz CT molecular complexity index is 677. The van der Waals surface area contributed by atoms with E-state index in [9.17, 15) is 4.79 Å². The number of nitrogens with one attached hydrogen (secondary N) is 2. The number of hydrogen-bond acceptors (Lipinski definition) is 4. The maximum atomic E-state index is 12.3. The molecule has 3 rings (SSSR count). The molecule has 1 aromatic heterocycles. The van der Waals surface area contributed by atoms with Crippen molar-refractivity contribution in [2.75, 3.05) is 19.0 Å². The second-order valence-electron chi connectivity index (χ2n) is 5.07. The number of pyridine rings is 1. The summed E-state index contributed by atoms with van der Waals surface area (Å²) in [5.74, 6) is -0.0937. The highest BCUT2D eigenvalue weighted by atomic mass is 35.5. The van der Waals surface area contributed by atoms with Crippen LogP contribution in [0.15, 0.2) is 30.5 Å². The molecule has 1 aliphatic heterocycles. The van der Waals surface area contributed by atoms with Gasteiger partial charge in [0.25, 0.3) is 0 Å². The molecular weight excluding hydrogens is 290 g/mol. The zero-order valence-electron chi connectivity index (χ0n) is 11.6. The number of methoxy groups -OCH3 is 1. The molecular formula is C15H16ClN3O2. The molecule has 110 valence electrons. The van der Waals surface area contributed by atoms with E-state index in [2.05, 4.69) is 15.6 Å². The van der Waals surface area contributed by atoms with Crippen molar-refractivity contribution in [1.82, 2.24) is 10.3 Å². The van der Waals surface area contributed by atoms with E-state index in [1.807, 2.05) is 18.2 Å². The summed E-state index contributed by atoms with van der Waals surface area (Å²) >= 11 is 6.10. The number of carbonyl (C=O) groups is 1. The van der Waals surface area contributed by atoms with Gasteiger partial charge < -0.3 is 15.4 Å². The van der Waals surface area contributed by atoms with Gasteiger partial charge in [-0.2, -0.15) is 0 Å². The van der Waals surface area contributed by atoms with Gasteiger partial charge in [-0.15, -0.1) is 0 Å². The van der Waals surface area contributed by atoms with Crippen molar-refractivity contribution < 1.29 is 9.53 Å². The van der Waals surface area contributed by atoms with Crippen molar-refractivity contribution in [3.05, 3.63) is 35.5 Å². The number of benzene rings is 1. The third-order valence-corrected chi connectivity index (χ3v) is 3.89. The molecule has 1 aromatic carbocycles. The predicted molar refractivity (Wildman–Crippen MR) is 82.6 cm³/mol. The summed E-state index contributed by atoms with van der Waals surface area (Å²) in [6, 6.07) is 7.05. The Hall–Kier alpha value is -1.69. The number of carbonyl (C=O) groups excluding carboxylic acids is 1. The van der Waals surface area contributed by atoms with Crippen LogP contribution in [0.25, 0.3) is 10.9 Å². The van der Waals surface area contributed by atoms with Gasteiger partial charge in [-0.25, -0.2) is 0 Å². The number of nitrogens with zero attached hydrogens (tertiary/aromatic N) is 1. The summed E-state index contributed by atoms with van der Waals surface area (Å²) in [5, 5.41) is 7.53. The standard InChI is InChI=1S/C15H16ClN3O2/c1-21-11-7-13(18-8-11)15(20)19-12-6-10(16)5-9-3-2-4-17-14(9)12/h2-6,11,13,18H,7-8H2,1H3,(H,19,20). The number of halogens is 1. The normalized spacial score (nSPS) is 21.6. The van der Waals surface area contributed by atoms with Crippen LogP contribution in [0.5, 0.6) is 0 Å². The minimum atomic E-state index is -0.257.